The van der Waals surface area contributed by atoms with Gasteiger partial charge in [0, 0.05) is 0 Å². The Bertz CT molecular complexity index is 521. The van der Waals surface area contributed by atoms with Crippen molar-refractivity contribution in [3.8, 4) is 6.07 Å². The molecule has 4 aliphatic carbocycles. The van der Waals surface area contributed by atoms with Crippen LogP contribution in [0.5, 0.6) is 0 Å². The Kier molecular flexibility index (Phi) is 2.47. The van der Waals surface area contributed by atoms with Crippen molar-refractivity contribution in [1.29, 1.82) is 5.26 Å². The van der Waals surface area contributed by atoms with Crippen molar-refractivity contribution >= 4 is 11.8 Å². The van der Waals surface area contributed by atoms with Gasteiger partial charge in [-0.25, -0.2) is 0 Å². The van der Waals surface area contributed by atoms with Gasteiger partial charge in [-0.15, -0.1) is 22.0 Å². The third-order valence-electron chi connectivity index (χ3n) is 5.31. The lowest BCUT2D eigenvalue weighted by molar-refractivity contribution is -0.0571. The zero-order valence-electron chi connectivity index (χ0n) is 11.2. The molecule has 0 N–H and O–H groups in total. The molecule has 0 amide bonds. The molecule has 4 nitrogen and oxygen atoms in total. The topological polar surface area (TPSA) is 54.5 Å². The van der Waals surface area contributed by atoms with Crippen LogP contribution in [-0.4, -0.2) is 21.2 Å². The molecule has 0 saturated heterocycles. The molecule has 0 aromatic carbocycles. The normalized spacial score (nSPS) is 39.5. The van der Waals surface area contributed by atoms with Gasteiger partial charge in [0.05, 0.1) is 5.54 Å². The summed E-state index contributed by atoms with van der Waals surface area (Å²) in [5.41, 5.74) is 0.636. The van der Waals surface area contributed by atoms with Crippen LogP contribution in [0.2, 0.25) is 0 Å². The Labute approximate surface area is 117 Å². The van der Waals surface area contributed by atoms with Gasteiger partial charge in [-0.2, -0.15) is 10.1 Å². The quantitative estimate of drug-likeness (QED) is 0.778. The van der Waals surface area contributed by atoms with E-state index in [-0.39, 0.29) is 5.54 Å². The van der Waals surface area contributed by atoms with Crippen LogP contribution >= 0.6 is 11.8 Å². The van der Waals surface area contributed by atoms with Crippen LogP contribution in [0.1, 0.15) is 44.2 Å². The monoisotopic (exact) mass is 274 g/mol. The molecule has 4 bridgehead atoms. The van der Waals surface area contributed by atoms with Crippen LogP contribution in [0.25, 0.3) is 0 Å². The summed E-state index contributed by atoms with van der Waals surface area (Å²) in [5, 5.41) is 19.1. The molecule has 4 fully saturated rings. The largest absolute Gasteiger partial charge is 0.196 e. The summed E-state index contributed by atoms with van der Waals surface area (Å²) in [7, 11) is 0. The summed E-state index contributed by atoms with van der Waals surface area (Å²) in [6.07, 6.45) is 9.91. The van der Waals surface area contributed by atoms with Gasteiger partial charge in [0.2, 0.25) is 0 Å². The minimum Gasteiger partial charge on any atom is -0.191 e. The van der Waals surface area contributed by atoms with Crippen molar-refractivity contribution in [2.24, 2.45) is 17.8 Å². The first-order chi connectivity index (χ1) is 9.22. The smallest absolute Gasteiger partial charge is 0.191 e. The highest BCUT2D eigenvalue weighted by atomic mass is 32.2. The fourth-order valence-corrected chi connectivity index (χ4v) is 5.46. The Morgan fingerprint density at radius 3 is 2.16 bits per heavy atom. The molecule has 4 aliphatic rings. The molecule has 19 heavy (non-hydrogen) atoms. The van der Waals surface area contributed by atoms with Gasteiger partial charge >= 0.3 is 0 Å². The van der Waals surface area contributed by atoms with Crippen LogP contribution in [0.3, 0.4) is 0 Å². The predicted octanol–water partition coefficient (Wildman–Crippen LogP) is 2.80. The lowest BCUT2D eigenvalue weighted by atomic mass is 9.53. The second-order valence-electron chi connectivity index (χ2n) is 6.60. The van der Waals surface area contributed by atoms with Gasteiger partial charge in [-0.05, 0) is 62.5 Å². The summed E-state index contributed by atoms with van der Waals surface area (Å²) in [6.45, 7) is 0. The second-order valence-corrected chi connectivity index (χ2v) is 7.40. The zero-order valence-corrected chi connectivity index (χ0v) is 12.0. The van der Waals surface area contributed by atoms with Gasteiger partial charge in [0.1, 0.15) is 6.07 Å². The molecule has 1 heterocycles. The molecule has 0 unspecified atom stereocenters. The van der Waals surface area contributed by atoms with E-state index in [1.807, 2.05) is 11.1 Å². The third-order valence-corrected chi connectivity index (χ3v) is 5.97. The lowest BCUT2D eigenvalue weighted by Crippen LogP contribution is -2.52. The summed E-state index contributed by atoms with van der Waals surface area (Å²) >= 11 is 1.53. The summed E-state index contributed by atoms with van der Waals surface area (Å²) in [4.78, 5) is 1.93. The number of thioether (sulfide) groups is 1. The number of hydrogen-bond donors (Lipinski definition) is 0. The Morgan fingerprint density at radius 1 is 1.16 bits per heavy atom. The number of hydrogen-bond acceptors (Lipinski definition) is 4. The molecular formula is C14H18N4S. The van der Waals surface area contributed by atoms with E-state index in [0.717, 1.165) is 22.8 Å². The van der Waals surface area contributed by atoms with Crippen molar-refractivity contribution in [3.63, 3.8) is 0 Å². The maximum absolute atomic E-state index is 9.17. The minimum atomic E-state index is 0.133. The minimum absolute atomic E-state index is 0.133. The van der Waals surface area contributed by atoms with Crippen LogP contribution in [0, 0.1) is 29.1 Å². The first kappa shape index (κ1) is 11.8. The maximum Gasteiger partial charge on any atom is 0.196 e. The SMILES string of the molecule is CSc1nn(C23CC4CC(CC(C4)C2)C3)nc1C#N. The Balaban J connectivity index is 1.75. The molecule has 5 rings (SSSR count). The van der Waals surface area contributed by atoms with Gasteiger partial charge < -0.3 is 0 Å². The fraction of sp³-hybridized carbons (Fsp3) is 0.786. The summed E-state index contributed by atoms with van der Waals surface area (Å²) in [5.74, 6) is 2.63. The second kappa shape index (κ2) is 3.99. The summed E-state index contributed by atoms with van der Waals surface area (Å²) in [6, 6.07) is 2.18. The average Bonchev–Trinajstić information content (AvgIpc) is 2.81. The van der Waals surface area contributed by atoms with Crippen molar-refractivity contribution in [1.82, 2.24) is 15.0 Å². The highest BCUT2D eigenvalue weighted by Crippen LogP contribution is 2.58. The van der Waals surface area contributed by atoms with Gasteiger partial charge in [-0.1, -0.05) is 0 Å². The standard InChI is InChI=1S/C14H18N4S/c1-19-13-12(8-15)16-18(17-13)14-5-9-2-10(6-14)4-11(3-9)7-14/h9-11H,2-7H2,1H3. The summed E-state index contributed by atoms with van der Waals surface area (Å²) < 4.78 is 0. The van der Waals surface area contributed by atoms with E-state index in [1.165, 1.54) is 50.3 Å². The van der Waals surface area contributed by atoms with E-state index >= 15 is 0 Å². The van der Waals surface area contributed by atoms with Gasteiger partial charge in [0.25, 0.3) is 0 Å². The molecule has 100 valence electrons. The first-order valence-electron chi connectivity index (χ1n) is 7.14. The number of nitrogens with zero attached hydrogens (tertiary/aromatic N) is 4. The number of aromatic nitrogens is 3. The molecule has 0 aliphatic heterocycles. The Hall–Kier alpha value is -1.02. The molecule has 5 heteroatoms. The number of rotatable bonds is 2. The molecular weight excluding hydrogens is 256 g/mol. The zero-order chi connectivity index (χ0) is 13.0. The van der Waals surface area contributed by atoms with Crippen LogP contribution in [0.15, 0.2) is 5.03 Å². The van der Waals surface area contributed by atoms with Gasteiger partial charge in [-0.3, -0.25) is 0 Å². The highest BCUT2D eigenvalue weighted by molar-refractivity contribution is 7.98. The first-order valence-corrected chi connectivity index (χ1v) is 8.37. The van der Waals surface area contributed by atoms with E-state index in [9.17, 15) is 0 Å². The lowest BCUT2D eigenvalue weighted by Gasteiger charge is -2.55. The fourth-order valence-electron chi connectivity index (χ4n) is 5.02. The highest BCUT2D eigenvalue weighted by Gasteiger charge is 2.53. The van der Waals surface area contributed by atoms with Crippen molar-refractivity contribution in [2.45, 2.75) is 49.1 Å². The maximum atomic E-state index is 9.17. The van der Waals surface area contributed by atoms with Crippen LogP contribution in [-0.2, 0) is 5.54 Å². The third kappa shape index (κ3) is 1.66. The molecule has 1 aromatic rings. The molecule has 0 atom stereocenters. The van der Waals surface area contributed by atoms with Crippen LogP contribution < -0.4 is 0 Å². The van der Waals surface area contributed by atoms with E-state index in [0.29, 0.717) is 5.69 Å². The predicted molar refractivity (Wildman–Crippen MR) is 72.7 cm³/mol. The Morgan fingerprint density at radius 2 is 1.74 bits per heavy atom. The van der Waals surface area contributed by atoms with Crippen LogP contribution in [0.4, 0.5) is 0 Å². The molecule has 0 radical (unpaired) electrons. The van der Waals surface area contributed by atoms with Crippen molar-refractivity contribution < 1.29 is 0 Å². The van der Waals surface area contributed by atoms with E-state index in [2.05, 4.69) is 16.3 Å². The van der Waals surface area contributed by atoms with Crippen molar-refractivity contribution in [3.05, 3.63) is 5.69 Å². The van der Waals surface area contributed by atoms with Gasteiger partial charge in [0.15, 0.2) is 10.7 Å². The number of nitriles is 1. The van der Waals surface area contributed by atoms with E-state index in [1.54, 1.807) is 0 Å². The molecule has 0 spiro atoms. The molecule has 4 saturated carbocycles. The average molecular weight is 274 g/mol. The van der Waals surface area contributed by atoms with E-state index in [4.69, 9.17) is 5.26 Å². The molecule has 1 aromatic heterocycles. The van der Waals surface area contributed by atoms with E-state index < -0.39 is 0 Å². The van der Waals surface area contributed by atoms with Crippen molar-refractivity contribution in [2.75, 3.05) is 6.26 Å².